The predicted molar refractivity (Wildman–Crippen MR) is 55.8 cm³/mol. The number of hydrogen-bond acceptors (Lipinski definition) is 0. The van der Waals surface area contributed by atoms with E-state index in [-0.39, 0.29) is 0 Å². The molecular formula is C12H19N. The fourth-order valence-corrected chi connectivity index (χ4v) is 2.60. The summed E-state index contributed by atoms with van der Waals surface area (Å²) < 4.78 is 2.28. The summed E-state index contributed by atoms with van der Waals surface area (Å²) in [7, 11) is 2.16. The highest BCUT2D eigenvalue weighted by Gasteiger charge is 2.21. The van der Waals surface area contributed by atoms with Crippen molar-refractivity contribution in [2.75, 3.05) is 0 Å². The van der Waals surface area contributed by atoms with Crippen molar-refractivity contribution < 1.29 is 0 Å². The molecule has 0 aliphatic heterocycles. The third kappa shape index (κ3) is 1.79. The molecule has 2 rings (SSSR count). The monoisotopic (exact) mass is 177 g/mol. The van der Waals surface area contributed by atoms with Crippen LogP contribution in [-0.2, 0) is 7.05 Å². The molecule has 1 heteroatoms. The molecule has 0 bridgehead atoms. The van der Waals surface area contributed by atoms with Crippen LogP contribution in [0.1, 0.15) is 44.2 Å². The summed E-state index contributed by atoms with van der Waals surface area (Å²) in [6, 6.07) is 4.44. The van der Waals surface area contributed by atoms with Gasteiger partial charge in [-0.3, -0.25) is 0 Å². The first-order valence-electron chi connectivity index (χ1n) is 5.38. The van der Waals surface area contributed by atoms with Crippen molar-refractivity contribution in [1.82, 2.24) is 4.57 Å². The van der Waals surface area contributed by atoms with Crippen LogP contribution in [0, 0.1) is 5.92 Å². The van der Waals surface area contributed by atoms with E-state index in [1.807, 2.05) is 0 Å². The molecule has 1 saturated carbocycles. The fraction of sp³-hybridized carbons (Fsp3) is 0.667. The van der Waals surface area contributed by atoms with Crippen molar-refractivity contribution in [2.24, 2.45) is 13.0 Å². The molecule has 0 saturated heterocycles. The van der Waals surface area contributed by atoms with Crippen LogP contribution in [0.15, 0.2) is 18.3 Å². The molecule has 2 atom stereocenters. The van der Waals surface area contributed by atoms with Crippen LogP contribution in [0.3, 0.4) is 0 Å². The summed E-state index contributed by atoms with van der Waals surface area (Å²) >= 11 is 0. The van der Waals surface area contributed by atoms with Crippen LogP contribution in [0.4, 0.5) is 0 Å². The van der Waals surface area contributed by atoms with Crippen LogP contribution >= 0.6 is 0 Å². The first-order valence-corrected chi connectivity index (χ1v) is 5.38. The maximum absolute atomic E-state index is 2.38. The van der Waals surface area contributed by atoms with Gasteiger partial charge in [0.2, 0.25) is 0 Å². The SMILES string of the molecule is CC1CCCC(c2cccn2C)C1. The maximum Gasteiger partial charge on any atom is 0.0202 e. The Hall–Kier alpha value is -0.720. The molecule has 1 heterocycles. The molecule has 0 spiro atoms. The van der Waals surface area contributed by atoms with E-state index < -0.39 is 0 Å². The summed E-state index contributed by atoms with van der Waals surface area (Å²) in [6.45, 7) is 2.38. The Morgan fingerprint density at radius 1 is 1.38 bits per heavy atom. The summed E-state index contributed by atoms with van der Waals surface area (Å²) in [5.74, 6) is 1.75. The van der Waals surface area contributed by atoms with Crippen molar-refractivity contribution in [2.45, 2.75) is 38.5 Å². The average Bonchev–Trinajstić information content (AvgIpc) is 2.51. The minimum Gasteiger partial charge on any atom is -0.354 e. The molecular weight excluding hydrogens is 158 g/mol. The van der Waals surface area contributed by atoms with Gasteiger partial charge in [0.15, 0.2) is 0 Å². The second kappa shape index (κ2) is 3.57. The van der Waals surface area contributed by atoms with E-state index in [4.69, 9.17) is 0 Å². The van der Waals surface area contributed by atoms with Gasteiger partial charge in [-0.2, -0.15) is 0 Å². The lowest BCUT2D eigenvalue weighted by Gasteiger charge is -2.27. The maximum atomic E-state index is 2.38. The Bertz CT molecular complexity index is 274. The van der Waals surface area contributed by atoms with Gasteiger partial charge in [-0.1, -0.05) is 19.8 Å². The van der Waals surface area contributed by atoms with Crippen LogP contribution in [0.25, 0.3) is 0 Å². The zero-order valence-electron chi connectivity index (χ0n) is 8.66. The fourth-order valence-electron chi connectivity index (χ4n) is 2.60. The first-order chi connectivity index (χ1) is 6.27. The van der Waals surface area contributed by atoms with Crippen LogP contribution < -0.4 is 0 Å². The smallest absolute Gasteiger partial charge is 0.0202 e. The second-order valence-electron chi connectivity index (χ2n) is 4.51. The number of aryl methyl sites for hydroxylation is 1. The lowest BCUT2D eigenvalue weighted by molar-refractivity contribution is 0.336. The van der Waals surface area contributed by atoms with Crippen LogP contribution in [0.2, 0.25) is 0 Å². The third-order valence-electron chi connectivity index (χ3n) is 3.34. The van der Waals surface area contributed by atoms with Gasteiger partial charge < -0.3 is 4.57 Å². The largest absolute Gasteiger partial charge is 0.354 e. The first kappa shape index (κ1) is 8.86. The lowest BCUT2D eigenvalue weighted by Crippen LogP contribution is -2.13. The third-order valence-corrected chi connectivity index (χ3v) is 3.34. The summed E-state index contributed by atoms with van der Waals surface area (Å²) in [5, 5.41) is 0. The second-order valence-corrected chi connectivity index (χ2v) is 4.51. The van der Waals surface area contributed by atoms with Crippen molar-refractivity contribution >= 4 is 0 Å². The minimum atomic E-state index is 0.823. The van der Waals surface area contributed by atoms with Crippen molar-refractivity contribution in [3.63, 3.8) is 0 Å². The molecule has 2 unspecified atom stereocenters. The van der Waals surface area contributed by atoms with Gasteiger partial charge in [0, 0.05) is 18.9 Å². The Labute approximate surface area is 80.8 Å². The molecule has 0 N–H and O–H groups in total. The lowest BCUT2D eigenvalue weighted by atomic mass is 9.81. The molecule has 1 aliphatic rings. The molecule has 0 radical (unpaired) electrons. The molecule has 72 valence electrons. The average molecular weight is 177 g/mol. The molecule has 13 heavy (non-hydrogen) atoms. The topological polar surface area (TPSA) is 4.93 Å². The van der Waals surface area contributed by atoms with E-state index in [1.165, 1.54) is 31.4 Å². The van der Waals surface area contributed by atoms with Gasteiger partial charge in [0.1, 0.15) is 0 Å². The molecule has 0 aromatic carbocycles. The number of hydrogen-bond donors (Lipinski definition) is 0. The van der Waals surface area contributed by atoms with E-state index in [0.29, 0.717) is 0 Å². The highest BCUT2D eigenvalue weighted by Crippen LogP contribution is 2.35. The van der Waals surface area contributed by atoms with Gasteiger partial charge in [0.05, 0.1) is 0 Å². The standard InChI is InChI=1S/C12H19N/c1-10-5-3-6-11(9-10)12-7-4-8-13(12)2/h4,7-8,10-11H,3,5-6,9H2,1-2H3. The summed E-state index contributed by atoms with van der Waals surface area (Å²) in [5.41, 5.74) is 1.53. The number of aromatic nitrogens is 1. The normalized spacial score (nSPS) is 29.1. The van der Waals surface area contributed by atoms with E-state index in [1.54, 1.807) is 0 Å². The molecule has 0 amide bonds. The van der Waals surface area contributed by atoms with E-state index >= 15 is 0 Å². The van der Waals surface area contributed by atoms with Crippen molar-refractivity contribution in [3.05, 3.63) is 24.0 Å². The van der Waals surface area contributed by atoms with Gasteiger partial charge in [0.25, 0.3) is 0 Å². The molecule has 1 nitrogen and oxygen atoms in total. The summed E-state index contributed by atoms with van der Waals surface area (Å²) in [4.78, 5) is 0. The highest BCUT2D eigenvalue weighted by molar-refractivity contribution is 5.13. The molecule has 1 fully saturated rings. The van der Waals surface area contributed by atoms with E-state index in [9.17, 15) is 0 Å². The Morgan fingerprint density at radius 3 is 2.85 bits per heavy atom. The van der Waals surface area contributed by atoms with Crippen LogP contribution in [0.5, 0.6) is 0 Å². The van der Waals surface area contributed by atoms with Gasteiger partial charge in [-0.15, -0.1) is 0 Å². The van der Waals surface area contributed by atoms with Crippen LogP contribution in [-0.4, -0.2) is 4.57 Å². The quantitative estimate of drug-likeness (QED) is 0.620. The van der Waals surface area contributed by atoms with Crippen molar-refractivity contribution in [3.8, 4) is 0 Å². The highest BCUT2D eigenvalue weighted by atomic mass is 14.9. The Morgan fingerprint density at radius 2 is 2.23 bits per heavy atom. The zero-order chi connectivity index (χ0) is 9.26. The van der Waals surface area contributed by atoms with E-state index in [0.717, 1.165) is 11.8 Å². The van der Waals surface area contributed by atoms with Gasteiger partial charge in [-0.05, 0) is 36.8 Å². The van der Waals surface area contributed by atoms with Gasteiger partial charge >= 0.3 is 0 Å². The number of rotatable bonds is 1. The summed E-state index contributed by atoms with van der Waals surface area (Å²) in [6.07, 6.45) is 7.78. The minimum absolute atomic E-state index is 0.823. The van der Waals surface area contributed by atoms with E-state index in [2.05, 4.69) is 36.9 Å². The molecule has 1 aliphatic carbocycles. The predicted octanol–water partition coefficient (Wildman–Crippen LogP) is 3.32. The molecule has 1 aromatic heterocycles. The Balaban J connectivity index is 2.12. The Kier molecular flexibility index (Phi) is 2.43. The van der Waals surface area contributed by atoms with Gasteiger partial charge in [-0.25, -0.2) is 0 Å². The van der Waals surface area contributed by atoms with Crippen molar-refractivity contribution in [1.29, 1.82) is 0 Å². The molecule has 1 aromatic rings. The number of nitrogens with zero attached hydrogens (tertiary/aromatic N) is 1. The zero-order valence-corrected chi connectivity index (χ0v) is 8.66.